The van der Waals surface area contributed by atoms with Crippen molar-refractivity contribution < 1.29 is 14.3 Å². The van der Waals surface area contributed by atoms with E-state index in [1.807, 2.05) is 37.8 Å². The number of carbonyl (C=O) groups excluding carboxylic acids is 2. The molecule has 0 atom stereocenters. The van der Waals surface area contributed by atoms with Gasteiger partial charge in [0.25, 0.3) is 0 Å². The smallest absolute Gasteiger partial charge is 0.407 e. The van der Waals surface area contributed by atoms with Crippen LogP contribution in [0.1, 0.15) is 33.3 Å². The summed E-state index contributed by atoms with van der Waals surface area (Å²) in [4.78, 5) is 27.2. The van der Waals surface area contributed by atoms with Gasteiger partial charge in [-0.15, -0.1) is 0 Å². The molecule has 0 aliphatic carbocycles. The van der Waals surface area contributed by atoms with E-state index < -0.39 is 11.7 Å². The SMILES string of the molecule is CC(=O)N1CCN(c2ccc(CNC(=O)OC(C)(C)C)cc2)CC1. The van der Waals surface area contributed by atoms with Gasteiger partial charge in [-0.1, -0.05) is 12.1 Å². The quantitative estimate of drug-likeness (QED) is 0.922. The lowest BCUT2D eigenvalue weighted by Gasteiger charge is -2.35. The van der Waals surface area contributed by atoms with Gasteiger partial charge in [0.15, 0.2) is 0 Å². The zero-order valence-corrected chi connectivity index (χ0v) is 15.0. The Labute approximate surface area is 143 Å². The van der Waals surface area contributed by atoms with E-state index in [0.717, 1.165) is 37.4 Å². The second kappa shape index (κ2) is 7.55. The predicted molar refractivity (Wildman–Crippen MR) is 94.0 cm³/mol. The lowest BCUT2D eigenvalue weighted by molar-refractivity contribution is -0.129. The maximum Gasteiger partial charge on any atom is 0.407 e. The van der Waals surface area contributed by atoms with Gasteiger partial charge >= 0.3 is 6.09 Å². The number of carbonyl (C=O) groups is 2. The van der Waals surface area contributed by atoms with Crippen LogP contribution in [-0.2, 0) is 16.1 Å². The largest absolute Gasteiger partial charge is 0.444 e. The van der Waals surface area contributed by atoms with Crippen molar-refractivity contribution >= 4 is 17.7 Å². The van der Waals surface area contributed by atoms with E-state index >= 15 is 0 Å². The van der Waals surface area contributed by atoms with Crippen LogP contribution in [0.5, 0.6) is 0 Å². The molecular formula is C18H27N3O3. The Morgan fingerprint density at radius 3 is 2.17 bits per heavy atom. The zero-order chi connectivity index (χ0) is 17.7. The maximum absolute atomic E-state index is 11.7. The van der Waals surface area contributed by atoms with E-state index in [1.54, 1.807) is 6.92 Å². The van der Waals surface area contributed by atoms with Gasteiger partial charge in [0.1, 0.15) is 5.60 Å². The van der Waals surface area contributed by atoms with Crippen molar-refractivity contribution in [2.45, 2.75) is 39.8 Å². The second-order valence-electron chi connectivity index (χ2n) is 7.02. The topological polar surface area (TPSA) is 61.9 Å². The number of ether oxygens (including phenoxy) is 1. The molecule has 2 rings (SSSR count). The molecule has 24 heavy (non-hydrogen) atoms. The van der Waals surface area contributed by atoms with Crippen molar-refractivity contribution in [3.8, 4) is 0 Å². The number of piperazine rings is 1. The van der Waals surface area contributed by atoms with E-state index in [4.69, 9.17) is 4.74 Å². The van der Waals surface area contributed by atoms with E-state index in [-0.39, 0.29) is 5.91 Å². The molecule has 0 radical (unpaired) electrons. The Hall–Kier alpha value is -2.24. The molecule has 6 nitrogen and oxygen atoms in total. The van der Waals surface area contributed by atoms with Crippen molar-refractivity contribution in [1.82, 2.24) is 10.2 Å². The molecule has 1 aliphatic heterocycles. The Bertz CT molecular complexity index is 570. The van der Waals surface area contributed by atoms with Crippen LogP contribution in [0.2, 0.25) is 0 Å². The van der Waals surface area contributed by atoms with Crippen molar-refractivity contribution in [3.05, 3.63) is 29.8 Å². The minimum Gasteiger partial charge on any atom is -0.444 e. The maximum atomic E-state index is 11.7. The molecule has 0 unspecified atom stereocenters. The van der Waals surface area contributed by atoms with E-state index in [0.29, 0.717) is 6.54 Å². The first kappa shape index (κ1) is 18.1. The third kappa shape index (κ3) is 5.44. The van der Waals surface area contributed by atoms with E-state index in [2.05, 4.69) is 22.3 Å². The summed E-state index contributed by atoms with van der Waals surface area (Å²) in [6.45, 7) is 10.8. The predicted octanol–water partition coefficient (Wildman–Crippen LogP) is 2.38. The molecule has 1 heterocycles. The summed E-state index contributed by atoms with van der Waals surface area (Å²) in [6, 6.07) is 8.11. The highest BCUT2D eigenvalue weighted by molar-refractivity contribution is 5.73. The number of rotatable bonds is 3. The van der Waals surface area contributed by atoms with E-state index in [1.165, 1.54) is 0 Å². The minimum absolute atomic E-state index is 0.137. The molecule has 1 fully saturated rings. The molecule has 0 bridgehead atoms. The van der Waals surface area contributed by atoms with Crippen LogP contribution in [0.25, 0.3) is 0 Å². The fourth-order valence-corrected chi connectivity index (χ4v) is 2.59. The Kier molecular flexibility index (Phi) is 5.70. The number of alkyl carbamates (subject to hydrolysis) is 1. The summed E-state index contributed by atoms with van der Waals surface area (Å²) in [5.41, 5.74) is 1.67. The number of amides is 2. The Morgan fingerprint density at radius 2 is 1.67 bits per heavy atom. The highest BCUT2D eigenvalue weighted by Crippen LogP contribution is 2.17. The second-order valence-corrected chi connectivity index (χ2v) is 7.02. The molecule has 6 heteroatoms. The number of nitrogens with zero attached hydrogens (tertiary/aromatic N) is 2. The molecule has 1 aromatic rings. The van der Waals surface area contributed by atoms with Crippen LogP contribution < -0.4 is 10.2 Å². The van der Waals surface area contributed by atoms with E-state index in [9.17, 15) is 9.59 Å². The molecule has 1 N–H and O–H groups in total. The lowest BCUT2D eigenvalue weighted by Crippen LogP contribution is -2.48. The fraction of sp³-hybridized carbons (Fsp3) is 0.556. The number of anilines is 1. The third-order valence-corrected chi connectivity index (χ3v) is 3.86. The van der Waals surface area contributed by atoms with Gasteiger partial charge in [0.05, 0.1) is 0 Å². The van der Waals surface area contributed by atoms with Gasteiger partial charge in [-0.2, -0.15) is 0 Å². The summed E-state index contributed by atoms with van der Waals surface area (Å²) in [7, 11) is 0. The molecule has 1 aromatic carbocycles. The summed E-state index contributed by atoms with van der Waals surface area (Å²) in [5, 5.41) is 2.75. The van der Waals surface area contributed by atoms with Crippen molar-refractivity contribution in [1.29, 1.82) is 0 Å². The minimum atomic E-state index is -0.490. The van der Waals surface area contributed by atoms with Gasteiger partial charge in [-0.25, -0.2) is 4.79 Å². The standard InChI is InChI=1S/C18H27N3O3/c1-14(22)20-9-11-21(12-10-20)16-7-5-15(6-8-16)13-19-17(23)24-18(2,3)4/h5-8H,9-13H2,1-4H3,(H,19,23). The lowest BCUT2D eigenvalue weighted by atomic mass is 10.1. The molecule has 0 aromatic heterocycles. The first-order valence-electron chi connectivity index (χ1n) is 8.31. The molecule has 2 amide bonds. The number of hydrogen-bond donors (Lipinski definition) is 1. The van der Waals surface area contributed by atoms with Crippen LogP contribution in [-0.4, -0.2) is 48.7 Å². The first-order chi connectivity index (χ1) is 11.2. The molecule has 0 spiro atoms. The highest BCUT2D eigenvalue weighted by atomic mass is 16.6. The Morgan fingerprint density at radius 1 is 1.08 bits per heavy atom. The fourth-order valence-electron chi connectivity index (χ4n) is 2.59. The molecule has 132 valence electrons. The third-order valence-electron chi connectivity index (χ3n) is 3.86. The van der Waals surface area contributed by atoms with Gasteiger partial charge in [-0.3, -0.25) is 4.79 Å². The molecule has 1 saturated heterocycles. The van der Waals surface area contributed by atoms with Crippen molar-refractivity contribution in [2.24, 2.45) is 0 Å². The normalized spacial score (nSPS) is 15.2. The molecular weight excluding hydrogens is 306 g/mol. The summed E-state index contributed by atoms with van der Waals surface area (Å²) < 4.78 is 5.22. The molecule has 0 saturated carbocycles. The van der Waals surface area contributed by atoms with Crippen molar-refractivity contribution in [2.75, 3.05) is 31.1 Å². The van der Waals surface area contributed by atoms with Crippen molar-refractivity contribution in [3.63, 3.8) is 0 Å². The average molecular weight is 333 g/mol. The summed E-state index contributed by atoms with van der Waals surface area (Å²) in [6.07, 6.45) is -0.410. The number of nitrogens with one attached hydrogen (secondary N) is 1. The summed E-state index contributed by atoms with van der Waals surface area (Å²) in [5.74, 6) is 0.137. The Balaban J connectivity index is 1.83. The van der Waals surface area contributed by atoms with Crippen LogP contribution in [0.3, 0.4) is 0 Å². The van der Waals surface area contributed by atoms with Gasteiger partial charge in [-0.05, 0) is 38.5 Å². The van der Waals surface area contributed by atoms with Crippen LogP contribution >= 0.6 is 0 Å². The van der Waals surface area contributed by atoms with Crippen LogP contribution in [0.4, 0.5) is 10.5 Å². The zero-order valence-electron chi connectivity index (χ0n) is 15.0. The summed E-state index contributed by atoms with van der Waals surface area (Å²) >= 11 is 0. The van der Waals surface area contributed by atoms with Crippen LogP contribution in [0.15, 0.2) is 24.3 Å². The van der Waals surface area contributed by atoms with Crippen LogP contribution in [0, 0.1) is 0 Å². The van der Waals surface area contributed by atoms with Gasteiger partial charge in [0.2, 0.25) is 5.91 Å². The highest BCUT2D eigenvalue weighted by Gasteiger charge is 2.19. The number of benzene rings is 1. The number of hydrogen-bond acceptors (Lipinski definition) is 4. The van der Waals surface area contributed by atoms with Gasteiger partial charge in [0, 0.05) is 45.3 Å². The first-order valence-corrected chi connectivity index (χ1v) is 8.31. The molecule has 1 aliphatic rings. The van der Waals surface area contributed by atoms with Gasteiger partial charge < -0.3 is 19.9 Å². The average Bonchev–Trinajstić information content (AvgIpc) is 2.52. The monoisotopic (exact) mass is 333 g/mol.